The quantitative estimate of drug-likeness (QED) is 0.466. The molecule has 1 aliphatic carbocycles. The van der Waals surface area contributed by atoms with Crippen molar-refractivity contribution in [3.8, 4) is 0 Å². The molecular formula is C9H14O. The highest BCUT2D eigenvalue weighted by molar-refractivity contribution is 5.04. The van der Waals surface area contributed by atoms with Gasteiger partial charge < -0.3 is 4.74 Å². The van der Waals surface area contributed by atoms with Gasteiger partial charge in [0.1, 0.15) is 0 Å². The Bertz CT molecular complexity index is 162. The maximum atomic E-state index is 5.69. The van der Waals surface area contributed by atoms with Crippen molar-refractivity contribution < 1.29 is 4.74 Å². The molecule has 0 amide bonds. The molecule has 1 aliphatic heterocycles. The van der Waals surface area contributed by atoms with E-state index in [0.29, 0.717) is 0 Å². The summed E-state index contributed by atoms with van der Waals surface area (Å²) in [6.07, 6.45) is 8.16. The molecule has 0 aromatic carbocycles. The number of hydrogen-bond acceptors (Lipinski definition) is 1. The smallest absolute Gasteiger partial charge is 0.0720 e. The van der Waals surface area contributed by atoms with E-state index >= 15 is 0 Å². The number of hydrogen-bond donors (Lipinski definition) is 0. The lowest BCUT2D eigenvalue weighted by Crippen LogP contribution is -2.32. The second-order valence-corrected chi connectivity index (χ2v) is 3.56. The molecule has 1 fully saturated rings. The fourth-order valence-electron chi connectivity index (χ4n) is 2.03. The van der Waals surface area contributed by atoms with E-state index in [1.807, 2.05) is 0 Å². The van der Waals surface area contributed by atoms with Crippen LogP contribution >= 0.6 is 0 Å². The molecule has 1 heterocycles. The van der Waals surface area contributed by atoms with E-state index in [-0.39, 0.29) is 5.60 Å². The lowest BCUT2D eigenvalue weighted by molar-refractivity contribution is -0.00542. The first-order chi connectivity index (χ1) is 4.81. The Hall–Kier alpha value is -0.300. The maximum absolute atomic E-state index is 5.69. The third-order valence-electron chi connectivity index (χ3n) is 2.87. The van der Waals surface area contributed by atoms with Crippen molar-refractivity contribution in [3.05, 3.63) is 12.2 Å². The van der Waals surface area contributed by atoms with Crippen molar-refractivity contribution in [2.24, 2.45) is 5.92 Å². The molecule has 1 nitrogen and oxygen atoms in total. The molecule has 0 aromatic rings. The number of rotatable bonds is 0. The van der Waals surface area contributed by atoms with E-state index < -0.39 is 0 Å². The molecule has 0 radical (unpaired) electrons. The van der Waals surface area contributed by atoms with Crippen LogP contribution in [0.15, 0.2) is 12.2 Å². The molecular weight excluding hydrogens is 124 g/mol. The van der Waals surface area contributed by atoms with Gasteiger partial charge in [-0.3, -0.25) is 0 Å². The SMILES string of the molecule is C[C@@]12CC=CC[C@H]1CCO2. The summed E-state index contributed by atoms with van der Waals surface area (Å²) in [6, 6.07) is 0. The summed E-state index contributed by atoms with van der Waals surface area (Å²) in [6.45, 7) is 3.22. The maximum Gasteiger partial charge on any atom is 0.0720 e. The van der Waals surface area contributed by atoms with Crippen LogP contribution in [-0.2, 0) is 4.74 Å². The van der Waals surface area contributed by atoms with Crippen LogP contribution in [0.3, 0.4) is 0 Å². The standard InChI is InChI=1S/C9H14O/c1-9-6-3-2-4-8(9)5-7-10-9/h2-3,8H,4-7H2,1H3/t8-,9+/m0/s1. The average Bonchev–Trinajstić information content (AvgIpc) is 2.29. The van der Waals surface area contributed by atoms with Crippen molar-refractivity contribution in [3.63, 3.8) is 0 Å². The zero-order valence-electron chi connectivity index (χ0n) is 6.47. The minimum absolute atomic E-state index is 0.203. The first kappa shape index (κ1) is 6.41. The molecule has 1 heteroatoms. The van der Waals surface area contributed by atoms with Crippen LogP contribution in [0.2, 0.25) is 0 Å². The van der Waals surface area contributed by atoms with E-state index in [1.165, 1.54) is 12.8 Å². The predicted octanol–water partition coefficient (Wildman–Crippen LogP) is 2.13. The van der Waals surface area contributed by atoms with E-state index in [0.717, 1.165) is 18.9 Å². The second kappa shape index (κ2) is 2.09. The van der Waals surface area contributed by atoms with Gasteiger partial charge in [0, 0.05) is 6.61 Å². The van der Waals surface area contributed by atoms with Crippen LogP contribution in [0.4, 0.5) is 0 Å². The topological polar surface area (TPSA) is 9.23 Å². The molecule has 0 saturated carbocycles. The summed E-state index contributed by atoms with van der Waals surface area (Å²) in [7, 11) is 0. The third-order valence-corrected chi connectivity index (χ3v) is 2.87. The van der Waals surface area contributed by atoms with Gasteiger partial charge in [-0.2, -0.15) is 0 Å². The monoisotopic (exact) mass is 138 g/mol. The van der Waals surface area contributed by atoms with Gasteiger partial charge in [0.25, 0.3) is 0 Å². The van der Waals surface area contributed by atoms with Crippen molar-refractivity contribution in [1.29, 1.82) is 0 Å². The van der Waals surface area contributed by atoms with Gasteiger partial charge in [-0.15, -0.1) is 0 Å². The molecule has 10 heavy (non-hydrogen) atoms. The van der Waals surface area contributed by atoms with Gasteiger partial charge in [0.05, 0.1) is 5.60 Å². The minimum atomic E-state index is 0.203. The van der Waals surface area contributed by atoms with Crippen LogP contribution < -0.4 is 0 Å². The van der Waals surface area contributed by atoms with Crippen LogP contribution in [0.5, 0.6) is 0 Å². The summed E-state index contributed by atoms with van der Waals surface area (Å²) in [4.78, 5) is 0. The van der Waals surface area contributed by atoms with Gasteiger partial charge >= 0.3 is 0 Å². The summed E-state index contributed by atoms with van der Waals surface area (Å²) >= 11 is 0. The summed E-state index contributed by atoms with van der Waals surface area (Å²) < 4.78 is 5.69. The Morgan fingerprint density at radius 1 is 1.50 bits per heavy atom. The largest absolute Gasteiger partial charge is 0.375 e. The number of fused-ring (bicyclic) bond motifs is 1. The number of ether oxygens (including phenoxy) is 1. The third kappa shape index (κ3) is 0.807. The highest BCUT2D eigenvalue weighted by atomic mass is 16.5. The van der Waals surface area contributed by atoms with Crippen LogP contribution in [0.1, 0.15) is 26.2 Å². The minimum Gasteiger partial charge on any atom is -0.375 e. The fourth-order valence-corrected chi connectivity index (χ4v) is 2.03. The van der Waals surface area contributed by atoms with E-state index in [2.05, 4.69) is 19.1 Å². The summed E-state index contributed by atoms with van der Waals surface area (Å²) in [5.41, 5.74) is 0.203. The molecule has 0 unspecified atom stereocenters. The Labute approximate surface area is 62.1 Å². The summed E-state index contributed by atoms with van der Waals surface area (Å²) in [5, 5.41) is 0. The van der Waals surface area contributed by atoms with Crippen LogP contribution in [0.25, 0.3) is 0 Å². The Morgan fingerprint density at radius 2 is 2.40 bits per heavy atom. The first-order valence-electron chi connectivity index (χ1n) is 4.10. The second-order valence-electron chi connectivity index (χ2n) is 3.56. The average molecular weight is 138 g/mol. The van der Waals surface area contributed by atoms with Crippen LogP contribution in [-0.4, -0.2) is 12.2 Å². The molecule has 0 aromatic heterocycles. The van der Waals surface area contributed by atoms with Crippen molar-refractivity contribution >= 4 is 0 Å². The zero-order chi connectivity index (χ0) is 7.03. The van der Waals surface area contributed by atoms with Gasteiger partial charge in [-0.1, -0.05) is 12.2 Å². The zero-order valence-corrected chi connectivity index (χ0v) is 6.47. The van der Waals surface area contributed by atoms with Gasteiger partial charge in [-0.25, -0.2) is 0 Å². The van der Waals surface area contributed by atoms with Gasteiger partial charge in [-0.05, 0) is 32.1 Å². The van der Waals surface area contributed by atoms with Gasteiger partial charge in [0.2, 0.25) is 0 Å². The first-order valence-corrected chi connectivity index (χ1v) is 4.10. The Balaban J connectivity index is 2.20. The van der Waals surface area contributed by atoms with Crippen molar-refractivity contribution in [2.45, 2.75) is 31.8 Å². The normalized spacial score (nSPS) is 45.5. The molecule has 0 N–H and O–H groups in total. The highest BCUT2D eigenvalue weighted by Gasteiger charge is 2.39. The van der Waals surface area contributed by atoms with E-state index in [4.69, 9.17) is 4.74 Å². The fraction of sp³-hybridized carbons (Fsp3) is 0.778. The molecule has 0 bridgehead atoms. The van der Waals surface area contributed by atoms with Gasteiger partial charge in [0.15, 0.2) is 0 Å². The molecule has 2 aliphatic rings. The van der Waals surface area contributed by atoms with Crippen molar-refractivity contribution in [2.75, 3.05) is 6.61 Å². The molecule has 1 saturated heterocycles. The lowest BCUT2D eigenvalue weighted by Gasteiger charge is -2.31. The van der Waals surface area contributed by atoms with E-state index in [1.54, 1.807) is 0 Å². The number of allylic oxidation sites excluding steroid dienone is 1. The van der Waals surface area contributed by atoms with E-state index in [9.17, 15) is 0 Å². The van der Waals surface area contributed by atoms with Crippen molar-refractivity contribution in [1.82, 2.24) is 0 Å². The van der Waals surface area contributed by atoms with Crippen LogP contribution in [0, 0.1) is 5.92 Å². The highest BCUT2D eigenvalue weighted by Crippen LogP contribution is 2.39. The molecule has 0 spiro atoms. The molecule has 56 valence electrons. The lowest BCUT2D eigenvalue weighted by atomic mass is 9.80. The molecule has 2 rings (SSSR count). The predicted molar refractivity (Wildman–Crippen MR) is 40.8 cm³/mol. The Morgan fingerprint density at radius 3 is 3.20 bits per heavy atom. The Kier molecular flexibility index (Phi) is 1.34. The molecule has 2 atom stereocenters. The summed E-state index contributed by atoms with van der Waals surface area (Å²) in [5.74, 6) is 0.803.